The van der Waals surface area contributed by atoms with E-state index in [9.17, 15) is 9.59 Å². The van der Waals surface area contributed by atoms with Crippen molar-refractivity contribution in [1.29, 1.82) is 0 Å². The minimum absolute atomic E-state index is 0.137. The van der Waals surface area contributed by atoms with Crippen LogP contribution in [0.5, 0.6) is 0 Å². The molecule has 2 N–H and O–H groups in total. The van der Waals surface area contributed by atoms with Crippen molar-refractivity contribution < 1.29 is 14.7 Å². The van der Waals surface area contributed by atoms with Gasteiger partial charge in [-0.3, -0.25) is 9.59 Å². The predicted molar refractivity (Wildman–Crippen MR) is 59.3 cm³/mol. The van der Waals surface area contributed by atoms with Crippen molar-refractivity contribution in [1.82, 2.24) is 9.88 Å². The van der Waals surface area contributed by atoms with E-state index in [1.807, 2.05) is 13.0 Å². The maximum atomic E-state index is 11.7. The number of aliphatic carboxylic acids is 1. The van der Waals surface area contributed by atoms with E-state index in [2.05, 4.69) is 5.32 Å². The number of nitrogens with one attached hydrogen (secondary N) is 1. The van der Waals surface area contributed by atoms with Gasteiger partial charge in [0.05, 0.1) is 5.92 Å². The Balaban J connectivity index is 2.60. The summed E-state index contributed by atoms with van der Waals surface area (Å²) in [5, 5.41) is 11.3. The summed E-state index contributed by atoms with van der Waals surface area (Å²) in [5.74, 6) is -1.74. The Bertz CT molecular complexity index is 409. The smallest absolute Gasteiger partial charge is 0.308 e. The highest BCUT2D eigenvalue weighted by Crippen LogP contribution is 2.05. The lowest BCUT2D eigenvalue weighted by molar-refractivity contribution is -0.140. The number of aromatic nitrogens is 1. The normalized spacial score (nSPS) is 12.2. The molecule has 5 nitrogen and oxygen atoms in total. The Labute approximate surface area is 94.1 Å². The quantitative estimate of drug-likeness (QED) is 0.794. The lowest BCUT2D eigenvalue weighted by atomic mass is 10.2. The molecule has 0 aliphatic heterocycles. The van der Waals surface area contributed by atoms with Crippen molar-refractivity contribution in [2.75, 3.05) is 6.54 Å². The maximum Gasteiger partial charge on any atom is 0.308 e. The molecule has 1 unspecified atom stereocenters. The molecule has 0 aromatic carbocycles. The molecule has 1 amide bonds. The largest absolute Gasteiger partial charge is 0.481 e. The molecule has 1 aromatic rings. The lowest BCUT2D eigenvalue weighted by Gasteiger charge is -2.09. The zero-order chi connectivity index (χ0) is 12.3. The number of aryl methyl sites for hydroxylation is 1. The van der Waals surface area contributed by atoms with E-state index in [1.54, 1.807) is 24.6 Å². The van der Waals surface area contributed by atoms with E-state index in [-0.39, 0.29) is 12.5 Å². The number of rotatable bonds is 4. The molecule has 0 spiro atoms. The average molecular weight is 224 g/mol. The predicted octanol–water partition coefficient (Wildman–Crippen LogP) is 0.784. The number of nitrogens with zero attached hydrogens (tertiary/aromatic N) is 1. The Hall–Kier alpha value is -1.78. The summed E-state index contributed by atoms with van der Waals surface area (Å²) < 4.78 is 1.76. The van der Waals surface area contributed by atoms with Gasteiger partial charge in [0.25, 0.3) is 5.91 Å². The third kappa shape index (κ3) is 2.62. The van der Waals surface area contributed by atoms with Crippen molar-refractivity contribution in [3.63, 3.8) is 0 Å². The van der Waals surface area contributed by atoms with Gasteiger partial charge in [0.15, 0.2) is 0 Å². The van der Waals surface area contributed by atoms with Gasteiger partial charge in [-0.25, -0.2) is 0 Å². The number of amides is 1. The van der Waals surface area contributed by atoms with Crippen LogP contribution >= 0.6 is 0 Å². The molecule has 0 radical (unpaired) electrons. The minimum atomic E-state index is -0.914. The molecule has 1 rings (SSSR count). The summed E-state index contributed by atoms with van der Waals surface area (Å²) in [6, 6.07) is 3.56. The number of carbonyl (C=O) groups excluding carboxylic acids is 1. The Morgan fingerprint density at radius 2 is 2.12 bits per heavy atom. The Morgan fingerprint density at radius 1 is 1.50 bits per heavy atom. The Morgan fingerprint density at radius 3 is 2.56 bits per heavy atom. The second-order valence-electron chi connectivity index (χ2n) is 3.87. The molecule has 0 aliphatic carbocycles. The first kappa shape index (κ1) is 12.3. The molecule has 0 bridgehead atoms. The lowest BCUT2D eigenvalue weighted by Crippen LogP contribution is -2.32. The monoisotopic (exact) mass is 224 g/mol. The summed E-state index contributed by atoms with van der Waals surface area (Å²) in [4.78, 5) is 22.2. The number of carboxylic acids is 1. The van der Waals surface area contributed by atoms with E-state index < -0.39 is 11.9 Å². The van der Waals surface area contributed by atoms with Crippen LogP contribution in [0.15, 0.2) is 12.1 Å². The summed E-state index contributed by atoms with van der Waals surface area (Å²) in [6.45, 7) is 3.59. The number of carbonyl (C=O) groups is 2. The van der Waals surface area contributed by atoms with E-state index in [0.29, 0.717) is 5.69 Å². The van der Waals surface area contributed by atoms with E-state index in [1.165, 1.54) is 0 Å². The van der Waals surface area contributed by atoms with Gasteiger partial charge in [-0.1, -0.05) is 6.92 Å². The van der Waals surface area contributed by atoms with Crippen molar-refractivity contribution in [2.24, 2.45) is 13.0 Å². The van der Waals surface area contributed by atoms with Crippen LogP contribution in [0.4, 0.5) is 0 Å². The van der Waals surface area contributed by atoms with Crippen LogP contribution in [-0.2, 0) is 11.8 Å². The van der Waals surface area contributed by atoms with E-state index >= 15 is 0 Å². The minimum Gasteiger partial charge on any atom is -0.481 e. The van der Waals surface area contributed by atoms with Crippen LogP contribution in [0.2, 0.25) is 0 Å². The fourth-order valence-electron chi connectivity index (χ4n) is 1.26. The summed E-state index contributed by atoms with van der Waals surface area (Å²) in [7, 11) is 1.80. The number of hydrogen-bond acceptors (Lipinski definition) is 2. The molecule has 0 fully saturated rings. The molecule has 0 saturated heterocycles. The van der Waals surface area contributed by atoms with Crippen molar-refractivity contribution in [3.05, 3.63) is 23.5 Å². The molecule has 88 valence electrons. The number of carboxylic acid groups (broad SMARTS) is 1. The second-order valence-corrected chi connectivity index (χ2v) is 3.87. The van der Waals surface area contributed by atoms with Gasteiger partial charge in [0.2, 0.25) is 0 Å². The van der Waals surface area contributed by atoms with Crippen LogP contribution in [-0.4, -0.2) is 28.1 Å². The highest BCUT2D eigenvalue weighted by Gasteiger charge is 2.15. The molecular weight excluding hydrogens is 208 g/mol. The second kappa shape index (κ2) is 4.83. The van der Waals surface area contributed by atoms with Gasteiger partial charge >= 0.3 is 5.97 Å². The highest BCUT2D eigenvalue weighted by atomic mass is 16.4. The Kier molecular flexibility index (Phi) is 3.71. The van der Waals surface area contributed by atoms with Crippen molar-refractivity contribution in [2.45, 2.75) is 13.8 Å². The average Bonchev–Trinajstić information content (AvgIpc) is 2.55. The van der Waals surface area contributed by atoms with Gasteiger partial charge in [-0.2, -0.15) is 0 Å². The molecule has 1 aromatic heterocycles. The fourth-order valence-corrected chi connectivity index (χ4v) is 1.26. The third-order valence-corrected chi connectivity index (χ3v) is 2.60. The van der Waals surface area contributed by atoms with Gasteiger partial charge < -0.3 is 15.0 Å². The van der Waals surface area contributed by atoms with Crippen LogP contribution in [0.25, 0.3) is 0 Å². The topological polar surface area (TPSA) is 71.3 Å². The van der Waals surface area contributed by atoms with Gasteiger partial charge in [-0.15, -0.1) is 0 Å². The summed E-state index contributed by atoms with van der Waals surface area (Å²) in [6.07, 6.45) is 0. The summed E-state index contributed by atoms with van der Waals surface area (Å²) >= 11 is 0. The van der Waals surface area contributed by atoms with E-state index in [4.69, 9.17) is 5.11 Å². The van der Waals surface area contributed by atoms with Crippen molar-refractivity contribution >= 4 is 11.9 Å². The zero-order valence-electron chi connectivity index (χ0n) is 9.65. The van der Waals surface area contributed by atoms with Crippen molar-refractivity contribution in [3.8, 4) is 0 Å². The molecular formula is C11H16N2O3. The van der Waals surface area contributed by atoms with E-state index in [0.717, 1.165) is 5.69 Å². The van der Waals surface area contributed by atoms with Gasteiger partial charge in [0.1, 0.15) is 5.69 Å². The van der Waals surface area contributed by atoms with Gasteiger partial charge in [-0.05, 0) is 19.1 Å². The zero-order valence-corrected chi connectivity index (χ0v) is 9.65. The van der Waals surface area contributed by atoms with Crippen LogP contribution in [0, 0.1) is 12.8 Å². The highest BCUT2D eigenvalue weighted by molar-refractivity contribution is 5.93. The summed E-state index contributed by atoms with van der Waals surface area (Å²) in [5.41, 5.74) is 1.52. The maximum absolute atomic E-state index is 11.7. The molecule has 0 saturated carbocycles. The SMILES string of the molecule is Cc1ccc(C(=O)NCC(C)C(=O)O)n1C. The molecule has 1 atom stereocenters. The molecule has 0 aliphatic rings. The third-order valence-electron chi connectivity index (χ3n) is 2.60. The van der Waals surface area contributed by atoms with Crippen LogP contribution in [0.1, 0.15) is 23.1 Å². The first-order valence-electron chi connectivity index (χ1n) is 5.06. The first-order chi connectivity index (χ1) is 7.43. The van der Waals surface area contributed by atoms with Gasteiger partial charge in [0, 0.05) is 19.3 Å². The van der Waals surface area contributed by atoms with Crippen LogP contribution < -0.4 is 5.32 Å². The molecule has 16 heavy (non-hydrogen) atoms. The standard InChI is InChI=1S/C11H16N2O3/c1-7(11(15)16)6-12-10(14)9-5-4-8(2)13(9)3/h4-5,7H,6H2,1-3H3,(H,12,14)(H,15,16). The first-order valence-corrected chi connectivity index (χ1v) is 5.06. The number of hydrogen-bond donors (Lipinski definition) is 2. The fraction of sp³-hybridized carbons (Fsp3) is 0.455. The van der Waals surface area contributed by atoms with Crippen LogP contribution in [0.3, 0.4) is 0 Å². The molecule has 5 heteroatoms. The molecule has 1 heterocycles.